The van der Waals surface area contributed by atoms with Gasteiger partial charge < -0.3 is 5.32 Å². The van der Waals surface area contributed by atoms with Gasteiger partial charge in [-0.05, 0) is 44.9 Å². The number of rotatable bonds is 6. The Bertz CT molecular complexity index is 434. The Balaban J connectivity index is 2.55. The molecule has 0 aliphatic rings. The minimum absolute atomic E-state index is 0.173. The lowest BCUT2D eigenvalue weighted by molar-refractivity contribution is 0.369. The fraction of sp³-hybridized carbons (Fsp3) is 0.556. The van der Waals surface area contributed by atoms with E-state index in [2.05, 4.69) is 68.1 Å². The predicted molar refractivity (Wildman–Crippen MR) is 87.8 cm³/mol. The second-order valence-electron chi connectivity index (χ2n) is 6.65. The van der Waals surface area contributed by atoms with Crippen LogP contribution < -0.4 is 5.32 Å². The highest BCUT2D eigenvalue weighted by molar-refractivity contribution is 5.25. The Labute approximate surface area is 124 Å². The van der Waals surface area contributed by atoms with Gasteiger partial charge in [0, 0.05) is 18.6 Å². The third-order valence-electron chi connectivity index (χ3n) is 3.30. The summed E-state index contributed by atoms with van der Waals surface area (Å²) in [7, 11) is 2.05. The van der Waals surface area contributed by atoms with Crippen LogP contribution in [0.4, 0.5) is 0 Å². The van der Waals surface area contributed by atoms with Gasteiger partial charge in [0.15, 0.2) is 0 Å². The highest BCUT2D eigenvalue weighted by Gasteiger charge is 2.12. The largest absolute Gasteiger partial charge is 0.311 e. The van der Waals surface area contributed by atoms with Crippen molar-refractivity contribution < 1.29 is 0 Å². The number of benzene rings is 1. The summed E-state index contributed by atoms with van der Waals surface area (Å²) in [5.41, 5.74) is 2.86. The average Bonchev–Trinajstić information content (AvgIpc) is 2.36. The molecule has 110 valence electrons. The zero-order valence-electron chi connectivity index (χ0n) is 13.5. The van der Waals surface area contributed by atoms with Crippen LogP contribution >= 0.6 is 0 Å². The fourth-order valence-corrected chi connectivity index (χ4v) is 2.05. The van der Waals surface area contributed by atoms with Crippen LogP contribution in [0.2, 0.25) is 0 Å². The molecule has 1 rings (SSSR count). The van der Waals surface area contributed by atoms with E-state index in [9.17, 15) is 0 Å². The maximum Gasteiger partial charge on any atom is 0.0599 e. The Hall–Kier alpha value is -1.30. The standard InChI is InChI=1S/C18H28N2/c1-7-12-20(6)14-16-8-10-17(11-9-16)15(2)13-19-18(3,4)5/h1,8-11,15,19H,12-14H2,2-6H3. The summed E-state index contributed by atoms with van der Waals surface area (Å²) in [4.78, 5) is 2.14. The van der Waals surface area contributed by atoms with Gasteiger partial charge in [-0.2, -0.15) is 0 Å². The van der Waals surface area contributed by atoms with Crippen LogP contribution in [0.15, 0.2) is 24.3 Å². The van der Waals surface area contributed by atoms with Crippen molar-refractivity contribution in [1.29, 1.82) is 0 Å². The maximum absolute atomic E-state index is 5.32. The van der Waals surface area contributed by atoms with E-state index in [0.29, 0.717) is 12.5 Å². The Morgan fingerprint density at radius 3 is 2.35 bits per heavy atom. The highest BCUT2D eigenvalue weighted by Crippen LogP contribution is 2.17. The van der Waals surface area contributed by atoms with Crippen LogP contribution in [0.25, 0.3) is 0 Å². The second-order valence-corrected chi connectivity index (χ2v) is 6.65. The Morgan fingerprint density at radius 1 is 1.25 bits per heavy atom. The van der Waals surface area contributed by atoms with Crippen molar-refractivity contribution in [2.24, 2.45) is 0 Å². The quantitative estimate of drug-likeness (QED) is 0.800. The van der Waals surface area contributed by atoms with Gasteiger partial charge in [-0.25, -0.2) is 0 Å². The van der Waals surface area contributed by atoms with E-state index in [1.54, 1.807) is 0 Å². The molecule has 1 N–H and O–H groups in total. The monoisotopic (exact) mass is 272 g/mol. The van der Waals surface area contributed by atoms with Crippen molar-refractivity contribution >= 4 is 0 Å². The predicted octanol–water partition coefficient (Wildman–Crippen LogP) is 3.24. The molecule has 1 unspecified atom stereocenters. The van der Waals surface area contributed by atoms with Gasteiger partial charge in [0.2, 0.25) is 0 Å². The molecule has 0 aromatic heterocycles. The number of nitrogens with zero attached hydrogens (tertiary/aromatic N) is 1. The van der Waals surface area contributed by atoms with Crippen molar-refractivity contribution in [2.45, 2.75) is 45.7 Å². The highest BCUT2D eigenvalue weighted by atomic mass is 15.1. The summed E-state index contributed by atoms with van der Waals surface area (Å²) in [5.74, 6) is 3.19. The molecule has 0 saturated heterocycles. The number of terminal acetylenes is 1. The van der Waals surface area contributed by atoms with E-state index in [1.165, 1.54) is 11.1 Å². The Kier molecular flexibility index (Phi) is 6.26. The summed E-state index contributed by atoms with van der Waals surface area (Å²) in [6.07, 6.45) is 5.32. The molecule has 1 aromatic rings. The third-order valence-corrected chi connectivity index (χ3v) is 3.30. The van der Waals surface area contributed by atoms with Crippen molar-refractivity contribution in [3.05, 3.63) is 35.4 Å². The lowest BCUT2D eigenvalue weighted by Gasteiger charge is -2.23. The molecule has 0 fully saturated rings. The first kappa shape index (κ1) is 16.8. The first-order chi connectivity index (χ1) is 9.31. The smallest absolute Gasteiger partial charge is 0.0599 e. The van der Waals surface area contributed by atoms with Crippen LogP contribution in [-0.4, -0.2) is 30.6 Å². The van der Waals surface area contributed by atoms with Gasteiger partial charge in [-0.15, -0.1) is 6.42 Å². The molecule has 2 heteroatoms. The van der Waals surface area contributed by atoms with Crippen LogP contribution in [-0.2, 0) is 6.54 Å². The summed E-state index contributed by atoms with van der Waals surface area (Å²) in [6, 6.07) is 8.87. The van der Waals surface area contributed by atoms with E-state index >= 15 is 0 Å². The maximum atomic E-state index is 5.32. The minimum Gasteiger partial charge on any atom is -0.311 e. The zero-order valence-corrected chi connectivity index (χ0v) is 13.5. The van der Waals surface area contributed by atoms with Crippen molar-refractivity contribution in [3.8, 4) is 12.3 Å². The first-order valence-corrected chi connectivity index (χ1v) is 7.27. The first-order valence-electron chi connectivity index (χ1n) is 7.27. The van der Waals surface area contributed by atoms with Crippen LogP contribution in [0.1, 0.15) is 44.7 Å². The molecule has 0 aliphatic heterocycles. The molecular weight excluding hydrogens is 244 g/mol. The van der Waals surface area contributed by atoms with E-state index in [4.69, 9.17) is 6.42 Å². The topological polar surface area (TPSA) is 15.3 Å². The SMILES string of the molecule is C#CCN(C)Cc1ccc(C(C)CNC(C)(C)C)cc1. The molecule has 20 heavy (non-hydrogen) atoms. The van der Waals surface area contributed by atoms with E-state index in [1.807, 2.05) is 7.05 Å². The lowest BCUT2D eigenvalue weighted by atomic mass is 9.98. The van der Waals surface area contributed by atoms with Crippen LogP contribution in [0.3, 0.4) is 0 Å². The van der Waals surface area contributed by atoms with Gasteiger partial charge in [0.1, 0.15) is 0 Å². The minimum atomic E-state index is 0.173. The molecule has 0 bridgehead atoms. The average molecular weight is 272 g/mol. The number of hydrogen-bond donors (Lipinski definition) is 1. The summed E-state index contributed by atoms with van der Waals surface area (Å²) >= 11 is 0. The normalized spacial score (nSPS) is 13.2. The molecule has 2 nitrogen and oxygen atoms in total. The fourth-order valence-electron chi connectivity index (χ4n) is 2.05. The molecular formula is C18H28N2. The number of nitrogens with one attached hydrogen (secondary N) is 1. The van der Waals surface area contributed by atoms with Gasteiger partial charge in [0.05, 0.1) is 6.54 Å². The van der Waals surface area contributed by atoms with Crippen molar-refractivity contribution in [3.63, 3.8) is 0 Å². The van der Waals surface area contributed by atoms with Crippen LogP contribution in [0.5, 0.6) is 0 Å². The molecule has 0 amide bonds. The molecule has 0 saturated carbocycles. The second kappa shape index (κ2) is 7.47. The molecule has 0 aliphatic carbocycles. The Morgan fingerprint density at radius 2 is 1.85 bits per heavy atom. The van der Waals surface area contributed by atoms with Gasteiger partial charge >= 0.3 is 0 Å². The van der Waals surface area contributed by atoms with Gasteiger partial charge in [0.25, 0.3) is 0 Å². The zero-order chi connectivity index (χ0) is 15.2. The number of hydrogen-bond acceptors (Lipinski definition) is 2. The molecule has 0 heterocycles. The van der Waals surface area contributed by atoms with E-state index < -0.39 is 0 Å². The van der Waals surface area contributed by atoms with Gasteiger partial charge in [-0.1, -0.05) is 37.1 Å². The summed E-state index contributed by atoms with van der Waals surface area (Å²) in [5, 5.41) is 3.55. The van der Waals surface area contributed by atoms with Crippen molar-refractivity contribution in [2.75, 3.05) is 20.1 Å². The van der Waals surface area contributed by atoms with E-state index in [-0.39, 0.29) is 5.54 Å². The van der Waals surface area contributed by atoms with E-state index in [0.717, 1.165) is 13.1 Å². The molecule has 1 aromatic carbocycles. The molecule has 0 spiro atoms. The van der Waals surface area contributed by atoms with Gasteiger partial charge in [-0.3, -0.25) is 4.90 Å². The summed E-state index contributed by atoms with van der Waals surface area (Å²) in [6.45, 7) is 11.4. The molecule has 1 atom stereocenters. The lowest BCUT2D eigenvalue weighted by Crippen LogP contribution is -2.38. The summed E-state index contributed by atoms with van der Waals surface area (Å²) < 4.78 is 0. The van der Waals surface area contributed by atoms with Crippen molar-refractivity contribution in [1.82, 2.24) is 10.2 Å². The molecule has 0 radical (unpaired) electrons. The third kappa shape index (κ3) is 6.23. The van der Waals surface area contributed by atoms with Crippen LogP contribution in [0, 0.1) is 12.3 Å².